The Morgan fingerprint density at radius 1 is 1.25 bits per heavy atom. The second kappa shape index (κ2) is 9.04. The van der Waals surface area contributed by atoms with E-state index in [1.54, 1.807) is 0 Å². The summed E-state index contributed by atoms with van der Waals surface area (Å²) in [7, 11) is 0. The lowest BCUT2D eigenvalue weighted by Crippen LogP contribution is -2.35. The molecule has 2 aliphatic carbocycles. The number of guanidine groups is 1. The molecule has 4 nitrogen and oxygen atoms in total. The van der Waals surface area contributed by atoms with Crippen molar-refractivity contribution in [3.63, 3.8) is 0 Å². The Bertz CT molecular complexity index is 570. The fourth-order valence-corrected chi connectivity index (χ4v) is 3.69. The lowest BCUT2D eigenvalue weighted by molar-refractivity contribution is 0.0610. The third-order valence-electron chi connectivity index (χ3n) is 5.35. The monoisotopic (exact) mass is 443 g/mol. The second-order valence-corrected chi connectivity index (χ2v) is 6.96. The van der Waals surface area contributed by atoms with Crippen LogP contribution in [0.3, 0.4) is 0 Å². The van der Waals surface area contributed by atoms with Gasteiger partial charge in [0.2, 0.25) is 0 Å². The fraction of sp³-hybridized carbons (Fsp3) is 0.632. The van der Waals surface area contributed by atoms with Crippen LogP contribution in [0, 0.1) is 5.41 Å². The number of rotatable bonds is 7. The average molecular weight is 443 g/mol. The summed E-state index contributed by atoms with van der Waals surface area (Å²) in [5.74, 6) is 0.533. The van der Waals surface area contributed by atoms with Crippen LogP contribution in [0.4, 0.5) is 5.69 Å². The quantitative estimate of drug-likeness (QED) is 0.289. The highest BCUT2D eigenvalue weighted by molar-refractivity contribution is 14.0. The number of fused-ring (bicyclic) bond motifs is 1. The minimum absolute atomic E-state index is 0. The molecule has 0 radical (unpaired) electrons. The molecule has 3 rings (SSSR count). The molecule has 1 saturated carbocycles. The molecule has 1 aromatic carbocycles. The van der Waals surface area contributed by atoms with Crippen molar-refractivity contribution >= 4 is 35.6 Å². The first-order valence-corrected chi connectivity index (χ1v) is 8.97. The number of nitrogens with two attached hydrogens (primary N) is 1. The van der Waals surface area contributed by atoms with Gasteiger partial charge < -0.3 is 15.8 Å². The highest BCUT2D eigenvalue weighted by Crippen LogP contribution is 2.44. The summed E-state index contributed by atoms with van der Waals surface area (Å²) in [5, 5.41) is 3.26. The fourth-order valence-electron chi connectivity index (χ4n) is 3.69. The van der Waals surface area contributed by atoms with Crippen LogP contribution < -0.4 is 11.1 Å². The van der Waals surface area contributed by atoms with E-state index in [4.69, 9.17) is 10.5 Å². The van der Waals surface area contributed by atoms with E-state index in [0.29, 0.717) is 11.4 Å². The van der Waals surface area contributed by atoms with E-state index in [9.17, 15) is 0 Å². The molecule has 0 aromatic heterocycles. The molecule has 1 aromatic rings. The summed E-state index contributed by atoms with van der Waals surface area (Å²) in [6.07, 6.45) is 8.55. The zero-order chi connectivity index (χ0) is 16.1. The van der Waals surface area contributed by atoms with Crippen molar-refractivity contribution in [1.82, 2.24) is 0 Å². The van der Waals surface area contributed by atoms with Crippen molar-refractivity contribution in [2.24, 2.45) is 16.1 Å². The minimum Gasteiger partial charge on any atom is -0.382 e. The molecule has 0 unspecified atom stereocenters. The number of benzene rings is 1. The first kappa shape index (κ1) is 19.5. The Balaban J connectivity index is 0.00000208. The number of anilines is 1. The van der Waals surface area contributed by atoms with Gasteiger partial charge in [-0.15, -0.1) is 24.0 Å². The molecule has 5 heteroatoms. The maximum absolute atomic E-state index is 6.10. The number of aliphatic imine (C=N–C) groups is 1. The van der Waals surface area contributed by atoms with Crippen molar-refractivity contribution < 1.29 is 4.74 Å². The first-order valence-electron chi connectivity index (χ1n) is 8.97. The van der Waals surface area contributed by atoms with Gasteiger partial charge in [0.1, 0.15) is 0 Å². The normalized spacial score (nSPS) is 18.5. The van der Waals surface area contributed by atoms with E-state index in [0.717, 1.165) is 31.9 Å². The molecule has 0 bridgehead atoms. The van der Waals surface area contributed by atoms with Crippen LogP contribution in [0.1, 0.15) is 50.2 Å². The van der Waals surface area contributed by atoms with Crippen LogP contribution in [0.2, 0.25) is 0 Å². The van der Waals surface area contributed by atoms with Gasteiger partial charge in [-0.25, -0.2) is 0 Å². The Morgan fingerprint density at radius 2 is 2.04 bits per heavy atom. The van der Waals surface area contributed by atoms with Crippen molar-refractivity contribution in [1.29, 1.82) is 0 Å². The van der Waals surface area contributed by atoms with E-state index in [2.05, 4.69) is 28.5 Å². The third-order valence-corrected chi connectivity index (χ3v) is 5.35. The molecule has 0 aliphatic heterocycles. The number of hydrogen-bond donors (Lipinski definition) is 2. The summed E-state index contributed by atoms with van der Waals surface area (Å²) >= 11 is 0. The van der Waals surface area contributed by atoms with Gasteiger partial charge in [-0.3, -0.25) is 4.99 Å². The van der Waals surface area contributed by atoms with Gasteiger partial charge in [0.25, 0.3) is 0 Å². The number of nitrogens with one attached hydrogen (secondary N) is 1. The van der Waals surface area contributed by atoms with E-state index >= 15 is 0 Å². The van der Waals surface area contributed by atoms with Crippen molar-refractivity contribution in [2.75, 3.05) is 25.1 Å². The molecule has 2 aliphatic rings. The van der Waals surface area contributed by atoms with Crippen LogP contribution in [0.25, 0.3) is 0 Å². The summed E-state index contributed by atoms with van der Waals surface area (Å²) in [4.78, 5) is 4.61. The second-order valence-electron chi connectivity index (χ2n) is 6.96. The molecule has 24 heavy (non-hydrogen) atoms. The molecular formula is C19H30IN3O. The average Bonchev–Trinajstić information content (AvgIpc) is 2.96. The van der Waals surface area contributed by atoms with E-state index in [1.165, 1.54) is 49.7 Å². The van der Waals surface area contributed by atoms with E-state index < -0.39 is 0 Å². The van der Waals surface area contributed by atoms with E-state index in [-0.39, 0.29) is 24.0 Å². The van der Waals surface area contributed by atoms with Gasteiger partial charge >= 0.3 is 0 Å². The highest BCUT2D eigenvalue weighted by atomic mass is 127. The van der Waals surface area contributed by atoms with Crippen LogP contribution in [0.15, 0.2) is 23.2 Å². The van der Waals surface area contributed by atoms with Crippen molar-refractivity contribution in [2.45, 2.75) is 51.9 Å². The summed E-state index contributed by atoms with van der Waals surface area (Å²) < 4.78 is 5.51. The molecule has 1 fully saturated rings. The standard InChI is InChI=1S/C19H29N3O.HI/c1-2-23-12-11-19(9-4-10-19)14-21-18(20)22-17-8-7-15-5-3-6-16(15)13-17;/h7-8,13H,2-6,9-12,14H2,1H3,(H3,20,21,22);1H. The van der Waals surface area contributed by atoms with Crippen molar-refractivity contribution in [3.05, 3.63) is 29.3 Å². The maximum Gasteiger partial charge on any atom is 0.193 e. The van der Waals surface area contributed by atoms with Crippen LogP contribution in [-0.2, 0) is 17.6 Å². The van der Waals surface area contributed by atoms with E-state index in [1.807, 2.05) is 6.92 Å². The van der Waals surface area contributed by atoms with Gasteiger partial charge in [0, 0.05) is 25.4 Å². The molecule has 0 amide bonds. The Hall–Kier alpha value is -0.820. The zero-order valence-electron chi connectivity index (χ0n) is 14.6. The maximum atomic E-state index is 6.10. The van der Waals surface area contributed by atoms with Gasteiger partial charge in [0.15, 0.2) is 5.96 Å². The SMILES string of the molecule is CCOCCC1(CN=C(N)Nc2ccc3c(c2)CCC3)CCC1.I. The lowest BCUT2D eigenvalue weighted by atomic mass is 9.67. The topological polar surface area (TPSA) is 59.6 Å². The van der Waals surface area contributed by atoms with Gasteiger partial charge in [-0.2, -0.15) is 0 Å². The van der Waals surface area contributed by atoms with Crippen LogP contribution in [0.5, 0.6) is 0 Å². The summed E-state index contributed by atoms with van der Waals surface area (Å²) in [6, 6.07) is 6.55. The minimum atomic E-state index is 0. The Morgan fingerprint density at radius 3 is 2.75 bits per heavy atom. The predicted molar refractivity (Wildman–Crippen MR) is 111 cm³/mol. The Labute approximate surface area is 162 Å². The number of halogens is 1. The highest BCUT2D eigenvalue weighted by Gasteiger charge is 2.36. The predicted octanol–water partition coefficient (Wildman–Crippen LogP) is 4.12. The summed E-state index contributed by atoms with van der Waals surface area (Å²) in [5.41, 5.74) is 10.4. The number of aryl methyl sites for hydroxylation is 2. The number of nitrogens with zero attached hydrogens (tertiary/aromatic N) is 1. The van der Waals surface area contributed by atoms with Crippen molar-refractivity contribution in [3.8, 4) is 0 Å². The first-order chi connectivity index (χ1) is 11.2. The van der Waals surface area contributed by atoms with Crippen LogP contribution >= 0.6 is 24.0 Å². The van der Waals surface area contributed by atoms with Gasteiger partial charge in [0.05, 0.1) is 0 Å². The van der Waals surface area contributed by atoms with Crippen LogP contribution in [-0.4, -0.2) is 25.7 Å². The molecule has 134 valence electrons. The molecule has 0 heterocycles. The molecular weight excluding hydrogens is 413 g/mol. The molecule has 0 spiro atoms. The lowest BCUT2D eigenvalue weighted by Gasteiger charge is -2.40. The molecule has 0 atom stereocenters. The smallest absolute Gasteiger partial charge is 0.193 e. The third kappa shape index (κ3) is 4.85. The Kier molecular flexibility index (Phi) is 7.34. The van der Waals surface area contributed by atoms with Gasteiger partial charge in [-0.1, -0.05) is 12.5 Å². The van der Waals surface area contributed by atoms with Gasteiger partial charge in [-0.05, 0) is 74.1 Å². The molecule has 0 saturated heterocycles. The number of ether oxygens (including phenoxy) is 1. The largest absolute Gasteiger partial charge is 0.382 e. The molecule has 3 N–H and O–H groups in total. The summed E-state index contributed by atoms with van der Waals surface area (Å²) in [6.45, 7) is 4.49. The number of hydrogen-bond acceptors (Lipinski definition) is 2. The zero-order valence-corrected chi connectivity index (χ0v) is 17.0.